The molecule has 0 saturated carbocycles. The molecule has 126 valence electrons. The fourth-order valence-corrected chi connectivity index (χ4v) is 4.27. The van der Waals surface area contributed by atoms with Crippen LogP contribution in [0.3, 0.4) is 0 Å². The van der Waals surface area contributed by atoms with Crippen LogP contribution in [0.1, 0.15) is 31.6 Å². The molecule has 0 bridgehead atoms. The standard InChI is InChI=1S/C19H22ClN3S/c1-4-6-12-23(5-2)17-16-15(14-10-8-7-9-11-14)13(3)24-18(16)22-19(20)21-17/h7-11H,4-6,12H2,1-3H3. The van der Waals surface area contributed by atoms with Crippen LogP contribution < -0.4 is 4.90 Å². The summed E-state index contributed by atoms with van der Waals surface area (Å²) in [6.45, 7) is 8.41. The van der Waals surface area contributed by atoms with Crippen molar-refractivity contribution in [3.63, 3.8) is 0 Å². The summed E-state index contributed by atoms with van der Waals surface area (Å²) >= 11 is 7.92. The van der Waals surface area contributed by atoms with Gasteiger partial charge in [0.1, 0.15) is 10.6 Å². The molecule has 0 saturated heterocycles. The maximum Gasteiger partial charge on any atom is 0.225 e. The Bertz CT molecular complexity index is 829. The molecule has 0 spiro atoms. The summed E-state index contributed by atoms with van der Waals surface area (Å²) in [6.07, 6.45) is 2.30. The van der Waals surface area contributed by atoms with E-state index in [1.807, 2.05) is 6.07 Å². The van der Waals surface area contributed by atoms with Crippen LogP contribution in [0, 0.1) is 6.92 Å². The molecule has 0 unspecified atom stereocenters. The molecule has 2 heterocycles. The van der Waals surface area contributed by atoms with Gasteiger partial charge in [-0.15, -0.1) is 11.3 Å². The number of rotatable bonds is 6. The fourth-order valence-electron chi connectivity index (χ4n) is 3.01. The van der Waals surface area contributed by atoms with Crippen molar-refractivity contribution in [2.24, 2.45) is 0 Å². The van der Waals surface area contributed by atoms with E-state index in [0.29, 0.717) is 5.28 Å². The van der Waals surface area contributed by atoms with Crippen molar-refractivity contribution in [1.82, 2.24) is 9.97 Å². The first-order chi connectivity index (χ1) is 11.7. The highest BCUT2D eigenvalue weighted by Crippen LogP contribution is 2.42. The molecule has 24 heavy (non-hydrogen) atoms. The molecule has 2 aromatic heterocycles. The number of hydrogen-bond acceptors (Lipinski definition) is 4. The van der Waals surface area contributed by atoms with Crippen molar-refractivity contribution in [2.45, 2.75) is 33.6 Å². The Morgan fingerprint density at radius 2 is 1.88 bits per heavy atom. The van der Waals surface area contributed by atoms with Gasteiger partial charge in [-0.05, 0) is 37.4 Å². The quantitative estimate of drug-likeness (QED) is 0.509. The van der Waals surface area contributed by atoms with Gasteiger partial charge in [0.2, 0.25) is 5.28 Å². The van der Waals surface area contributed by atoms with E-state index in [1.165, 1.54) is 16.0 Å². The highest BCUT2D eigenvalue weighted by Gasteiger charge is 2.20. The van der Waals surface area contributed by atoms with Crippen molar-refractivity contribution < 1.29 is 0 Å². The second-order valence-electron chi connectivity index (χ2n) is 5.83. The molecule has 3 aromatic rings. The van der Waals surface area contributed by atoms with Crippen molar-refractivity contribution in [1.29, 1.82) is 0 Å². The molecule has 0 atom stereocenters. The summed E-state index contributed by atoms with van der Waals surface area (Å²) in [5.41, 5.74) is 2.44. The number of anilines is 1. The van der Waals surface area contributed by atoms with E-state index in [-0.39, 0.29) is 0 Å². The Labute approximate surface area is 152 Å². The third kappa shape index (κ3) is 3.26. The van der Waals surface area contributed by atoms with Crippen molar-refractivity contribution in [2.75, 3.05) is 18.0 Å². The molecule has 0 aliphatic heterocycles. The third-order valence-corrected chi connectivity index (χ3v) is 5.37. The minimum absolute atomic E-state index is 0.327. The lowest BCUT2D eigenvalue weighted by Crippen LogP contribution is -2.25. The van der Waals surface area contributed by atoms with E-state index in [2.05, 4.69) is 59.9 Å². The monoisotopic (exact) mass is 359 g/mol. The van der Waals surface area contributed by atoms with Gasteiger partial charge in [0.25, 0.3) is 0 Å². The van der Waals surface area contributed by atoms with Gasteiger partial charge in [0.15, 0.2) is 0 Å². The number of fused-ring (bicyclic) bond motifs is 1. The predicted molar refractivity (Wildman–Crippen MR) is 105 cm³/mol. The topological polar surface area (TPSA) is 29.0 Å². The van der Waals surface area contributed by atoms with Crippen LogP contribution in [0.5, 0.6) is 0 Å². The molecule has 0 fully saturated rings. The lowest BCUT2D eigenvalue weighted by atomic mass is 10.0. The SMILES string of the molecule is CCCCN(CC)c1nc(Cl)nc2sc(C)c(-c3ccccc3)c12. The summed E-state index contributed by atoms with van der Waals surface area (Å²) in [7, 11) is 0. The third-order valence-electron chi connectivity index (χ3n) is 4.21. The maximum atomic E-state index is 6.22. The van der Waals surface area contributed by atoms with E-state index >= 15 is 0 Å². The number of thiophene rings is 1. The molecule has 3 nitrogen and oxygen atoms in total. The first kappa shape index (κ1) is 17.2. The van der Waals surface area contributed by atoms with Gasteiger partial charge < -0.3 is 4.90 Å². The summed E-state index contributed by atoms with van der Waals surface area (Å²) in [5, 5.41) is 1.46. The number of hydrogen-bond donors (Lipinski definition) is 0. The number of nitrogens with zero attached hydrogens (tertiary/aromatic N) is 3. The number of aromatic nitrogens is 2. The Morgan fingerprint density at radius 1 is 1.12 bits per heavy atom. The van der Waals surface area contributed by atoms with E-state index in [1.54, 1.807) is 11.3 Å². The van der Waals surface area contributed by atoms with Gasteiger partial charge >= 0.3 is 0 Å². The van der Waals surface area contributed by atoms with Gasteiger partial charge in [-0.3, -0.25) is 0 Å². The van der Waals surface area contributed by atoms with E-state index in [9.17, 15) is 0 Å². The van der Waals surface area contributed by atoms with Crippen LogP contribution in [-0.2, 0) is 0 Å². The zero-order chi connectivity index (χ0) is 17.1. The molecular formula is C19H22ClN3S. The Kier molecular flexibility index (Phi) is 5.36. The highest BCUT2D eigenvalue weighted by atomic mass is 35.5. The molecule has 0 N–H and O–H groups in total. The molecule has 0 aliphatic carbocycles. The number of aryl methyl sites for hydroxylation is 1. The second kappa shape index (κ2) is 7.49. The molecule has 0 amide bonds. The average Bonchev–Trinajstić information content (AvgIpc) is 2.91. The molecule has 5 heteroatoms. The van der Waals surface area contributed by atoms with Crippen LogP contribution in [0.4, 0.5) is 5.82 Å². The number of unbranched alkanes of at least 4 members (excludes halogenated alkanes) is 1. The highest BCUT2D eigenvalue weighted by molar-refractivity contribution is 7.19. The molecule has 3 rings (SSSR count). The first-order valence-electron chi connectivity index (χ1n) is 8.42. The summed E-state index contributed by atoms with van der Waals surface area (Å²) in [4.78, 5) is 13.6. The largest absolute Gasteiger partial charge is 0.356 e. The van der Waals surface area contributed by atoms with Crippen molar-refractivity contribution >= 4 is 39.0 Å². The Hall–Kier alpha value is -1.65. The normalized spacial score (nSPS) is 11.2. The maximum absolute atomic E-state index is 6.22. The van der Waals surface area contributed by atoms with Crippen LogP contribution in [0.2, 0.25) is 5.28 Å². The molecule has 0 radical (unpaired) electrons. The van der Waals surface area contributed by atoms with Gasteiger partial charge in [-0.2, -0.15) is 4.98 Å². The minimum Gasteiger partial charge on any atom is -0.356 e. The van der Waals surface area contributed by atoms with Crippen molar-refractivity contribution in [3.8, 4) is 11.1 Å². The number of benzene rings is 1. The predicted octanol–water partition coefficient (Wildman–Crippen LogP) is 5.95. The smallest absolute Gasteiger partial charge is 0.225 e. The molecule has 0 aliphatic rings. The van der Waals surface area contributed by atoms with Crippen molar-refractivity contribution in [3.05, 3.63) is 40.5 Å². The zero-order valence-corrected chi connectivity index (χ0v) is 15.9. The van der Waals surface area contributed by atoms with E-state index in [0.717, 1.165) is 42.0 Å². The van der Waals surface area contributed by atoms with Gasteiger partial charge in [-0.1, -0.05) is 43.7 Å². The minimum atomic E-state index is 0.327. The van der Waals surface area contributed by atoms with E-state index < -0.39 is 0 Å². The fraction of sp³-hybridized carbons (Fsp3) is 0.368. The van der Waals surface area contributed by atoms with Crippen LogP contribution in [-0.4, -0.2) is 23.1 Å². The number of halogens is 1. The van der Waals surface area contributed by atoms with Crippen LogP contribution in [0.25, 0.3) is 21.3 Å². The van der Waals surface area contributed by atoms with Crippen LogP contribution in [0.15, 0.2) is 30.3 Å². The van der Waals surface area contributed by atoms with Gasteiger partial charge in [0.05, 0.1) is 5.39 Å². The Balaban J connectivity index is 2.24. The molecular weight excluding hydrogens is 338 g/mol. The molecule has 1 aromatic carbocycles. The van der Waals surface area contributed by atoms with Gasteiger partial charge in [0, 0.05) is 23.5 Å². The summed E-state index contributed by atoms with van der Waals surface area (Å²) < 4.78 is 0. The zero-order valence-electron chi connectivity index (χ0n) is 14.3. The van der Waals surface area contributed by atoms with Crippen LogP contribution >= 0.6 is 22.9 Å². The lowest BCUT2D eigenvalue weighted by molar-refractivity contribution is 0.726. The lowest BCUT2D eigenvalue weighted by Gasteiger charge is -2.23. The van der Waals surface area contributed by atoms with E-state index in [4.69, 9.17) is 11.6 Å². The average molecular weight is 360 g/mol. The van der Waals surface area contributed by atoms with Gasteiger partial charge in [-0.25, -0.2) is 4.98 Å². The first-order valence-corrected chi connectivity index (χ1v) is 9.62. The Morgan fingerprint density at radius 3 is 2.54 bits per heavy atom. The summed E-state index contributed by atoms with van der Waals surface area (Å²) in [5.74, 6) is 0.962. The summed E-state index contributed by atoms with van der Waals surface area (Å²) in [6, 6.07) is 10.5. The second-order valence-corrected chi connectivity index (χ2v) is 7.37.